The van der Waals surface area contributed by atoms with E-state index in [2.05, 4.69) is 83.4 Å². The minimum absolute atomic E-state index is 0.616. The number of aromatic nitrogens is 3. The molecule has 0 aliphatic rings. The van der Waals surface area contributed by atoms with Gasteiger partial charge in [0.2, 0.25) is 5.89 Å². The lowest BCUT2D eigenvalue weighted by Crippen LogP contribution is -1.95. The Balaban J connectivity index is 1.28. The minimum atomic E-state index is 0.616. The number of nitrogens with zero attached hydrogens (tertiary/aromatic N) is 3. The van der Waals surface area contributed by atoms with Gasteiger partial charge in [0.05, 0.1) is 29.3 Å². The molecule has 0 spiro atoms. The highest BCUT2D eigenvalue weighted by Gasteiger charge is 2.16. The Hall–Kier alpha value is -5.42. The van der Waals surface area contributed by atoms with Crippen molar-refractivity contribution in [2.24, 2.45) is 0 Å². The molecule has 0 N–H and O–H groups in total. The molecule has 0 saturated heterocycles. The van der Waals surface area contributed by atoms with Gasteiger partial charge in [-0.2, -0.15) is 0 Å². The van der Waals surface area contributed by atoms with Crippen molar-refractivity contribution in [3.8, 4) is 39.5 Å². The SMILES string of the molecule is c1cc(-c2ccc(-c3ccoc3)cn2)cc(-n2c3ccccc3c3ccc(-c4nc5ccccc5o4)cc32)c1. The maximum atomic E-state index is 6.10. The first-order valence-electron chi connectivity index (χ1n) is 12.8. The maximum absolute atomic E-state index is 6.10. The van der Waals surface area contributed by atoms with E-state index in [0.717, 1.165) is 55.8 Å². The Morgan fingerprint density at radius 1 is 0.615 bits per heavy atom. The fourth-order valence-corrected chi connectivity index (χ4v) is 5.35. The van der Waals surface area contributed by atoms with Crippen molar-refractivity contribution in [2.75, 3.05) is 0 Å². The lowest BCUT2D eigenvalue weighted by Gasteiger charge is -2.10. The predicted molar refractivity (Wildman–Crippen MR) is 155 cm³/mol. The van der Waals surface area contributed by atoms with Crippen molar-refractivity contribution in [3.63, 3.8) is 0 Å². The van der Waals surface area contributed by atoms with Gasteiger partial charge < -0.3 is 13.4 Å². The summed E-state index contributed by atoms with van der Waals surface area (Å²) in [5.41, 5.74) is 9.88. The van der Waals surface area contributed by atoms with Crippen LogP contribution < -0.4 is 0 Å². The van der Waals surface area contributed by atoms with E-state index in [1.165, 1.54) is 10.8 Å². The first-order chi connectivity index (χ1) is 19.3. The molecule has 0 aliphatic carbocycles. The Morgan fingerprint density at radius 2 is 1.49 bits per heavy atom. The smallest absolute Gasteiger partial charge is 0.227 e. The molecule has 4 aromatic heterocycles. The van der Waals surface area contributed by atoms with E-state index in [0.29, 0.717) is 5.89 Å². The van der Waals surface area contributed by atoms with Gasteiger partial charge in [-0.25, -0.2) is 4.98 Å². The summed E-state index contributed by atoms with van der Waals surface area (Å²) in [7, 11) is 0. The molecule has 4 heterocycles. The van der Waals surface area contributed by atoms with Gasteiger partial charge in [-0.1, -0.05) is 54.6 Å². The molecule has 8 rings (SSSR count). The number of oxazole rings is 1. The molecule has 5 heteroatoms. The molecule has 0 bridgehead atoms. The predicted octanol–water partition coefficient (Wildman–Crippen LogP) is 8.91. The maximum Gasteiger partial charge on any atom is 0.227 e. The Bertz CT molecular complexity index is 2080. The highest BCUT2D eigenvalue weighted by Crippen LogP contribution is 2.36. The van der Waals surface area contributed by atoms with Gasteiger partial charge in [0.25, 0.3) is 0 Å². The quantitative estimate of drug-likeness (QED) is 0.241. The van der Waals surface area contributed by atoms with Crippen LogP contribution in [0.4, 0.5) is 0 Å². The van der Waals surface area contributed by atoms with Gasteiger partial charge >= 0.3 is 0 Å². The van der Waals surface area contributed by atoms with Gasteiger partial charge in [0.1, 0.15) is 5.52 Å². The molecule has 4 aromatic carbocycles. The molecule has 0 amide bonds. The van der Waals surface area contributed by atoms with Crippen molar-refractivity contribution in [1.29, 1.82) is 0 Å². The third-order valence-corrected chi connectivity index (χ3v) is 7.23. The standard InChI is InChI=1S/C34H21N3O2/c1-3-10-31-27(8-1)28-14-12-23(34-36-30-9-2-4-11-33(30)39-34)19-32(28)37(31)26-7-5-6-22(18-26)29-15-13-24(20-35-29)25-16-17-38-21-25/h1-21H. The second kappa shape index (κ2) is 8.57. The molecule has 0 fully saturated rings. The van der Waals surface area contributed by atoms with Crippen molar-refractivity contribution in [1.82, 2.24) is 14.5 Å². The lowest BCUT2D eigenvalue weighted by molar-refractivity contribution is 0.568. The summed E-state index contributed by atoms with van der Waals surface area (Å²) in [6.45, 7) is 0. The highest BCUT2D eigenvalue weighted by atomic mass is 16.3. The first-order valence-corrected chi connectivity index (χ1v) is 12.8. The molecule has 0 saturated carbocycles. The van der Waals surface area contributed by atoms with Crippen LogP contribution in [0.25, 0.3) is 72.4 Å². The molecule has 184 valence electrons. The zero-order chi connectivity index (χ0) is 25.8. The zero-order valence-corrected chi connectivity index (χ0v) is 20.8. The number of benzene rings is 4. The van der Waals surface area contributed by atoms with Gasteiger partial charge in [-0.3, -0.25) is 4.98 Å². The molecule has 5 nitrogen and oxygen atoms in total. The number of furan rings is 1. The molecule has 0 unspecified atom stereocenters. The first kappa shape index (κ1) is 21.6. The van der Waals surface area contributed by atoms with E-state index >= 15 is 0 Å². The Labute approximate surface area is 223 Å². The zero-order valence-electron chi connectivity index (χ0n) is 20.8. The van der Waals surface area contributed by atoms with Crippen LogP contribution in [-0.2, 0) is 0 Å². The summed E-state index contributed by atoms with van der Waals surface area (Å²) in [6.07, 6.45) is 5.29. The number of para-hydroxylation sites is 3. The van der Waals surface area contributed by atoms with Crippen LogP contribution in [0.15, 0.2) is 137 Å². The van der Waals surface area contributed by atoms with Crippen LogP contribution in [0.2, 0.25) is 0 Å². The summed E-state index contributed by atoms with van der Waals surface area (Å²) in [6, 6.07) is 37.4. The fourth-order valence-electron chi connectivity index (χ4n) is 5.35. The largest absolute Gasteiger partial charge is 0.472 e. The monoisotopic (exact) mass is 503 g/mol. The van der Waals surface area contributed by atoms with E-state index < -0.39 is 0 Å². The molecule has 0 radical (unpaired) electrons. The number of fused-ring (bicyclic) bond motifs is 4. The van der Waals surface area contributed by atoms with Crippen LogP contribution in [0.3, 0.4) is 0 Å². The normalized spacial score (nSPS) is 11.6. The highest BCUT2D eigenvalue weighted by molar-refractivity contribution is 6.10. The average Bonchev–Trinajstić information content (AvgIpc) is 3.75. The second-order valence-corrected chi connectivity index (χ2v) is 9.57. The second-order valence-electron chi connectivity index (χ2n) is 9.57. The van der Waals surface area contributed by atoms with E-state index in [1.54, 1.807) is 12.5 Å². The summed E-state index contributed by atoms with van der Waals surface area (Å²) >= 11 is 0. The lowest BCUT2D eigenvalue weighted by atomic mass is 10.1. The minimum Gasteiger partial charge on any atom is -0.472 e. The third-order valence-electron chi connectivity index (χ3n) is 7.23. The average molecular weight is 504 g/mol. The summed E-state index contributed by atoms with van der Waals surface area (Å²) in [4.78, 5) is 9.49. The van der Waals surface area contributed by atoms with E-state index in [9.17, 15) is 0 Å². The molecule has 8 aromatic rings. The van der Waals surface area contributed by atoms with Crippen LogP contribution in [0.5, 0.6) is 0 Å². The van der Waals surface area contributed by atoms with Crippen molar-refractivity contribution in [2.45, 2.75) is 0 Å². The molecule has 0 aliphatic heterocycles. The number of hydrogen-bond acceptors (Lipinski definition) is 4. The van der Waals surface area contributed by atoms with Crippen molar-refractivity contribution >= 4 is 32.9 Å². The molecule has 0 atom stereocenters. The fraction of sp³-hybridized carbons (Fsp3) is 0. The summed E-state index contributed by atoms with van der Waals surface area (Å²) in [5.74, 6) is 0.616. The van der Waals surface area contributed by atoms with Crippen molar-refractivity contribution in [3.05, 3.63) is 128 Å². The van der Waals surface area contributed by atoms with Gasteiger partial charge in [0, 0.05) is 44.9 Å². The summed E-state index contributed by atoms with van der Waals surface area (Å²) < 4.78 is 13.6. The van der Waals surface area contributed by atoms with Gasteiger partial charge in [0.15, 0.2) is 5.58 Å². The molecular weight excluding hydrogens is 482 g/mol. The number of rotatable bonds is 4. The van der Waals surface area contributed by atoms with Crippen LogP contribution in [-0.4, -0.2) is 14.5 Å². The molecular formula is C34H21N3O2. The van der Waals surface area contributed by atoms with E-state index in [-0.39, 0.29) is 0 Å². The van der Waals surface area contributed by atoms with E-state index in [4.69, 9.17) is 18.8 Å². The van der Waals surface area contributed by atoms with E-state index in [1.807, 2.05) is 36.5 Å². The third kappa shape index (κ3) is 3.55. The van der Waals surface area contributed by atoms with Gasteiger partial charge in [-0.15, -0.1) is 0 Å². The number of pyridine rings is 1. The Kier molecular flexibility index (Phi) is 4.76. The molecule has 39 heavy (non-hydrogen) atoms. The van der Waals surface area contributed by atoms with Crippen LogP contribution in [0, 0.1) is 0 Å². The Morgan fingerprint density at radius 3 is 2.36 bits per heavy atom. The van der Waals surface area contributed by atoms with Crippen LogP contribution >= 0.6 is 0 Å². The van der Waals surface area contributed by atoms with Gasteiger partial charge in [-0.05, 0) is 54.6 Å². The van der Waals surface area contributed by atoms with Crippen LogP contribution in [0.1, 0.15) is 0 Å². The summed E-state index contributed by atoms with van der Waals surface area (Å²) in [5, 5.41) is 2.38. The van der Waals surface area contributed by atoms with Crippen molar-refractivity contribution < 1.29 is 8.83 Å². The topological polar surface area (TPSA) is 57.0 Å². The number of hydrogen-bond donors (Lipinski definition) is 0.